The summed E-state index contributed by atoms with van der Waals surface area (Å²) in [5.74, 6) is 1.61. The third kappa shape index (κ3) is 2.58. The molecule has 84 valence electrons. The van der Waals surface area contributed by atoms with Crippen molar-refractivity contribution in [3.8, 4) is 5.75 Å². The molecule has 0 radical (unpaired) electrons. The summed E-state index contributed by atoms with van der Waals surface area (Å²) in [6.45, 7) is 1.68. The van der Waals surface area contributed by atoms with Crippen LogP contribution in [0.1, 0.15) is 5.82 Å². The van der Waals surface area contributed by atoms with Crippen molar-refractivity contribution in [2.75, 3.05) is 6.54 Å². The Kier molecular flexibility index (Phi) is 3.50. The van der Waals surface area contributed by atoms with Gasteiger partial charge in [-0.05, 0) is 12.1 Å². The highest BCUT2D eigenvalue weighted by Crippen LogP contribution is 2.10. The molecule has 0 unspecified atom stereocenters. The van der Waals surface area contributed by atoms with E-state index < -0.39 is 0 Å². The van der Waals surface area contributed by atoms with Crippen LogP contribution in [0.2, 0.25) is 0 Å². The third-order valence-electron chi connectivity index (χ3n) is 2.18. The lowest BCUT2D eigenvalue weighted by Crippen LogP contribution is -2.13. The van der Waals surface area contributed by atoms with Crippen LogP contribution in [0.5, 0.6) is 5.75 Å². The molecule has 5 nitrogen and oxygen atoms in total. The second-order valence-corrected chi connectivity index (χ2v) is 3.33. The van der Waals surface area contributed by atoms with Crippen LogP contribution in [-0.4, -0.2) is 21.3 Å². The Labute approximate surface area is 93.9 Å². The zero-order valence-corrected chi connectivity index (χ0v) is 8.91. The molecular weight excluding hydrogens is 204 g/mol. The van der Waals surface area contributed by atoms with Gasteiger partial charge in [0.2, 0.25) is 0 Å². The first-order valence-electron chi connectivity index (χ1n) is 5.15. The summed E-state index contributed by atoms with van der Waals surface area (Å²) >= 11 is 0. The Morgan fingerprint density at radius 3 is 2.81 bits per heavy atom. The molecule has 0 saturated heterocycles. The van der Waals surface area contributed by atoms with Gasteiger partial charge < -0.3 is 15.0 Å². The van der Waals surface area contributed by atoms with Gasteiger partial charge in [-0.3, -0.25) is 0 Å². The van der Waals surface area contributed by atoms with Crippen molar-refractivity contribution < 1.29 is 4.74 Å². The van der Waals surface area contributed by atoms with Crippen LogP contribution in [0.3, 0.4) is 0 Å². The molecule has 2 N–H and O–H groups in total. The van der Waals surface area contributed by atoms with Crippen molar-refractivity contribution >= 4 is 0 Å². The number of benzene rings is 1. The molecule has 5 heteroatoms. The maximum atomic E-state index is 5.57. The number of nitrogens with two attached hydrogens (primary N) is 1. The van der Waals surface area contributed by atoms with Crippen LogP contribution in [-0.2, 0) is 13.2 Å². The largest absolute Gasteiger partial charge is 0.486 e. The van der Waals surface area contributed by atoms with Crippen molar-refractivity contribution in [3.05, 3.63) is 42.5 Å². The molecule has 0 aliphatic heterocycles. The maximum Gasteiger partial charge on any atom is 0.170 e. The minimum Gasteiger partial charge on any atom is -0.486 e. The molecule has 0 saturated carbocycles. The number of rotatable bonds is 5. The van der Waals surface area contributed by atoms with Crippen LogP contribution in [0.4, 0.5) is 0 Å². The molecule has 0 aliphatic carbocycles. The van der Waals surface area contributed by atoms with Gasteiger partial charge in [0.1, 0.15) is 18.7 Å². The molecule has 0 atom stereocenters. The van der Waals surface area contributed by atoms with Gasteiger partial charge in [-0.25, -0.2) is 0 Å². The molecule has 0 aliphatic rings. The lowest BCUT2D eigenvalue weighted by atomic mass is 10.3. The first-order valence-corrected chi connectivity index (χ1v) is 5.15. The summed E-state index contributed by atoms with van der Waals surface area (Å²) in [5.41, 5.74) is 5.48. The number of aromatic nitrogens is 3. The molecular formula is C11H14N4O. The van der Waals surface area contributed by atoms with E-state index >= 15 is 0 Å². The van der Waals surface area contributed by atoms with E-state index in [4.69, 9.17) is 10.5 Å². The zero-order chi connectivity index (χ0) is 11.2. The highest BCUT2D eigenvalue weighted by atomic mass is 16.5. The van der Waals surface area contributed by atoms with Crippen LogP contribution in [0.15, 0.2) is 36.7 Å². The Morgan fingerprint density at radius 2 is 2.06 bits per heavy atom. The summed E-state index contributed by atoms with van der Waals surface area (Å²) in [6, 6.07) is 9.62. The van der Waals surface area contributed by atoms with Gasteiger partial charge in [-0.2, -0.15) is 0 Å². The molecule has 1 aromatic heterocycles. The summed E-state index contributed by atoms with van der Waals surface area (Å²) in [7, 11) is 0. The highest BCUT2D eigenvalue weighted by Gasteiger charge is 2.03. The van der Waals surface area contributed by atoms with Crippen LogP contribution >= 0.6 is 0 Å². The molecule has 2 aromatic rings. The molecule has 0 fully saturated rings. The van der Waals surface area contributed by atoms with E-state index in [1.807, 2.05) is 34.9 Å². The molecule has 0 spiro atoms. The summed E-state index contributed by atoms with van der Waals surface area (Å²) in [5, 5.41) is 7.81. The molecule has 1 aromatic carbocycles. The van der Waals surface area contributed by atoms with Crippen molar-refractivity contribution in [2.45, 2.75) is 13.2 Å². The lowest BCUT2D eigenvalue weighted by molar-refractivity contribution is 0.289. The van der Waals surface area contributed by atoms with Crippen LogP contribution in [0.25, 0.3) is 0 Å². The predicted octanol–water partition coefficient (Wildman–Crippen LogP) is 0.816. The monoisotopic (exact) mass is 218 g/mol. The van der Waals surface area contributed by atoms with Crippen molar-refractivity contribution in [1.82, 2.24) is 14.8 Å². The van der Waals surface area contributed by atoms with E-state index in [9.17, 15) is 0 Å². The molecule has 0 bridgehead atoms. The third-order valence-corrected chi connectivity index (χ3v) is 2.18. The lowest BCUT2D eigenvalue weighted by Gasteiger charge is -2.06. The minimum atomic E-state index is 0.407. The topological polar surface area (TPSA) is 66.0 Å². The normalized spacial score (nSPS) is 10.3. The summed E-state index contributed by atoms with van der Waals surface area (Å²) < 4.78 is 7.47. The van der Waals surface area contributed by atoms with E-state index in [2.05, 4.69) is 10.2 Å². The predicted molar refractivity (Wildman–Crippen MR) is 59.9 cm³/mol. The van der Waals surface area contributed by atoms with E-state index in [0.29, 0.717) is 19.7 Å². The molecule has 16 heavy (non-hydrogen) atoms. The average molecular weight is 218 g/mol. The maximum absolute atomic E-state index is 5.57. The first-order chi connectivity index (χ1) is 7.90. The SMILES string of the molecule is NCCn1cnnc1COc1ccccc1. The number of para-hydroxylation sites is 1. The van der Waals surface area contributed by atoms with Crippen LogP contribution < -0.4 is 10.5 Å². The van der Waals surface area contributed by atoms with Crippen LogP contribution in [0, 0.1) is 0 Å². The van der Waals surface area contributed by atoms with Crippen molar-refractivity contribution in [1.29, 1.82) is 0 Å². The van der Waals surface area contributed by atoms with Gasteiger partial charge in [0, 0.05) is 13.1 Å². The minimum absolute atomic E-state index is 0.407. The fourth-order valence-electron chi connectivity index (χ4n) is 1.38. The fraction of sp³-hybridized carbons (Fsp3) is 0.273. The second kappa shape index (κ2) is 5.27. The summed E-state index contributed by atoms with van der Waals surface area (Å²) in [4.78, 5) is 0. The number of hydrogen-bond donors (Lipinski definition) is 1. The van der Waals surface area contributed by atoms with Gasteiger partial charge in [-0.15, -0.1) is 10.2 Å². The second-order valence-electron chi connectivity index (χ2n) is 3.33. The van der Waals surface area contributed by atoms with Gasteiger partial charge in [-0.1, -0.05) is 18.2 Å². The quantitative estimate of drug-likeness (QED) is 0.806. The fourth-order valence-corrected chi connectivity index (χ4v) is 1.38. The number of ether oxygens (including phenoxy) is 1. The van der Waals surface area contributed by atoms with Gasteiger partial charge in [0.05, 0.1) is 0 Å². The van der Waals surface area contributed by atoms with E-state index in [1.54, 1.807) is 6.33 Å². The van der Waals surface area contributed by atoms with E-state index in [1.165, 1.54) is 0 Å². The zero-order valence-electron chi connectivity index (χ0n) is 8.91. The smallest absolute Gasteiger partial charge is 0.170 e. The standard InChI is InChI=1S/C11H14N4O/c12-6-7-15-9-13-14-11(15)8-16-10-4-2-1-3-5-10/h1-5,9H,6-8,12H2. The Balaban J connectivity index is 1.97. The molecule has 0 amide bonds. The number of nitrogens with zero attached hydrogens (tertiary/aromatic N) is 3. The Morgan fingerprint density at radius 1 is 1.25 bits per heavy atom. The summed E-state index contributed by atoms with van der Waals surface area (Å²) in [6.07, 6.45) is 1.66. The van der Waals surface area contributed by atoms with Gasteiger partial charge >= 0.3 is 0 Å². The average Bonchev–Trinajstić information content (AvgIpc) is 2.76. The van der Waals surface area contributed by atoms with Crippen molar-refractivity contribution in [3.63, 3.8) is 0 Å². The first kappa shape index (κ1) is 10.6. The van der Waals surface area contributed by atoms with E-state index in [0.717, 1.165) is 11.6 Å². The Bertz CT molecular complexity index is 427. The highest BCUT2D eigenvalue weighted by molar-refractivity contribution is 5.20. The van der Waals surface area contributed by atoms with E-state index in [-0.39, 0.29) is 0 Å². The van der Waals surface area contributed by atoms with Gasteiger partial charge in [0.25, 0.3) is 0 Å². The van der Waals surface area contributed by atoms with Gasteiger partial charge in [0.15, 0.2) is 5.82 Å². The van der Waals surface area contributed by atoms with Crippen molar-refractivity contribution in [2.24, 2.45) is 5.73 Å². The number of hydrogen-bond acceptors (Lipinski definition) is 4. The Hall–Kier alpha value is -1.88. The molecule has 1 heterocycles. The molecule has 2 rings (SSSR count).